The molecule has 1 rings (SSSR count). The zero-order valence-electron chi connectivity index (χ0n) is 10.1. The van der Waals surface area contributed by atoms with Crippen molar-refractivity contribution in [2.75, 3.05) is 20.3 Å². The molecule has 1 aromatic carbocycles. The van der Waals surface area contributed by atoms with Crippen LogP contribution in [0.4, 0.5) is 0 Å². The number of hydrogen-bond acceptors (Lipinski definition) is 3. The Kier molecular flexibility index (Phi) is 5.90. The van der Waals surface area contributed by atoms with Crippen molar-refractivity contribution in [2.45, 2.75) is 25.8 Å². The normalized spacial score (nSPS) is 12.4. The standard InChI is InChI=1S/C13H21NO2/c1-3-16-10-4-5-13(14)11-6-8-12(15-2)9-7-11/h6-9,13H,3-5,10,14H2,1-2H3. The first-order chi connectivity index (χ1) is 7.77. The number of benzene rings is 1. The Balaban J connectivity index is 2.37. The Morgan fingerprint density at radius 2 is 1.94 bits per heavy atom. The summed E-state index contributed by atoms with van der Waals surface area (Å²) >= 11 is 0. The van der Waals surface area contributed by atoms with E-state index in [0.717, 1.165) is 37.4 Å². The maximum Gasteiger partial charge on any atom is 0.118 e. The van der Waals surface area contributed by atoms with E-state index in [2.05, 4.69) is 0 Å². The third-order valence-corrected chi connectivity index (χ3v) is 2.55. The lowest BCUT2D eigenvalue weighted by Gasteiger charge is -2.12. The largest absolute Gasteiger partial charge is 0.497 e. The molecule has 1 aromatic rings. The van der Waals surface area contributed by atoms with Gasteiger partial charge in [0.2, 0.25) is 0 Å². The molecule has 3 nitrogen and oxygen atoms in total. The van der Waals surface area contributed by atoms with Gasteiger partial charge in [0.1, 0.15) is 5.75 Å². The maximum atomic E-state index is 6.07. The summed E-state index contributed by atoms with van der Waals surface area (Å²) in [5.74, 6) is 0.866. The lowest BCUT2D eigenvalue weighted by atomic mass is 10.0. The second kappa shape index (κ2) is 7.25. The van der Waals surface area contributed by atoms with E-state index >= 15 is 0 Å². The van der Waals surface area contributed by atoms with Crippen molar-refractivity contribution < 1.29 is 9.47 Å². The van der Waals surface area contributed by atoms with Gasteiger partial charge in [-0.05, 0) is 37.5 Å². The Bertz CT molecular complexity index is 284. The first kappa shape index (κ1) is 13.0. The van der Waals surface area contributed by atoms with E-state index in [0.29, 0.717) is 0 Å². The Morgan fingerprint density at radius 1 is 1.25 bits per heavy atom. The van der Waals surface area contributed by atoms with Gasteiger partial charge >= 0.3 is 0 Å². The van der Waals surface area contributed by atoms with Crippen molar-refractivity contribution in [3.05, 3.63) is 29.8 Å². The summed E-state index contributed by atoms with van der Waals surface area (Å²) in [4.78, 5) is 0. The number of ether oxygens (including phenoxy) is 2. The molecule has 0 heterocycles. The van der Waals surface area contributed by atoms with Crippen LogP contribution in [0, 0.1) is 0 Å². The summed E-state index contributed by atoms with van der Waals surface area (Å²) in [6.45, 7) is 3.57. The summed E-state index contributed by atoms with van der Waals surface area (Å²) in [6.07, 6.45) is 1.95. The molecule has 16 heavy (non-hydrogen) atoms. The van der Waals surface area contributed by atoms with Gasteiger partial charge in [-0.3, -0.25) is 0 Å². The highest BCUT2D eigenvalue weighted by atomic mass is 16.5. The third-order valence-electron chi connectivity index (χ3n) is 2.55. The molecule has 0 radical (unpaired) electrons. The third kappa shape index (κ3) is 4.21. The molecule has 0 aliphatic carbocycles. The van der Waals surface area contributed by atoms with E-state index < -0.39 is 0 Å². The minimum atomic E-state index is 0.0892. The fourth-order valence-corrected chi connectivity index (χ4v) is 1.57. The van der Waals surface area contributed by atoms with Crippen LogP contribution in [0.2, 0.25) is 0 Å². The van der Waals surface area contributed by atoms with Gasteiger partial charge in [0.05, 0.1) is 7.11 Å². The number of methoxy groups -OCH3 is 1. The molecule has 2 N–H and O–H groups in total. The molecule has 0 saturated carbocycles. The Labute approximate surface area is 97.6 Å². The zero-order chi connectivity index (χ0) is 11.8. The zero-order valence-corrected chi connectivity index (χ0v) is 10.1. The predicted molar refractivity (Wildman–Crippen MR) is 65.6 cm³/mol. The molecule has 0 saturated heterocycles. The summed E-state index contributed by atoms with van der Waals surface area (Å²) in [5, 5.41) is 0. The molecule has 90 valence electrons. The lowest BCUT2D eigenvalue weighted by Crippen LogP contribution is -2.11. The number of rotatable bonds is 7. The molecule has 0 aliphatic heterocycles. The second-order valence-electron chi connectivity index (χ2n) is 3.72. The molecular formula is C13H21NO2. The van der Waals surface area contributed by atoms with Gasteiger partial charge in [0, 0.05) is 19.3 Å². The second-order valence-corrected chi connectivity index (χ2v) is 3.72. The highest BCUT2D eigenvalue weighted by molar-refractivity contribution is 5.28. The van der Waals surface area contributed by atoms with Crippen molar-refractivity contribution in [1.29, 1.82) is 0 Å². The summed E-state index contributed by atoms with van der Waals surface area (Å²) in [7, 11) is 1.66. The number of nitrogens with two attached hydrogens (primary N) is 1. The average molecular weight is 223 g/mol. The predicted octanol–water partition coefficient (Wildman–Crippen LogP) is 2.51. The van der Waals surface area contributed by atoms with Crippen LogP contribution in [0.25, 0.3) is 0 Å². The van der Waals surface area contributed by atoms with Gasteiger partial charge in [-0.1, -0.05) is 12.1 Å². The van der Waals surface area contributed by atoms with Crippen molar-refractivity contribution in [1.82, 2.24) is 0 Å². The smallest absolute Gasteiger partial charge is 0.118 e. The molecule has 0 aromatic heterocycles. The fraction of sp³-hybridized carbons (Fsp3) is 0.538. The summed E-state index contributed by atoms with van der Waals surface area (Å²) < 4.78 is 10.4. The van der Waals surface area contributed by atoms with Crippen molar-refractivity contribution in [3.63, 3.8) is 0 Å². The van der Waals surface area contributed by atoms with Crippen LogP contribution in [0.5, 0.6) is 5.75 Å². The van der Waals surface area contributed by atoms with Gasteiger partial charge in [-0.15, -0.1) is 0 Å². The van der Waals surface area contributed by atoms with Gasteiger partial charge in [0.15, 0.2) is 0 Å². The van der Waals surface area contributed by atoms with Crippen molar-refractivity contribution >= 4 is 0 Å². The molecular weight excluding hydrogens is 202 g/mol. The maximum absolute atomic E-state index is 6.07. The minimum absolute atomic E-state index is 0.0892. The van der Waals surface area contributed by atoms with Crippen LogP contribution in [-0.2, 0) is 4.74 Å². The molecule has 0 spiro atoms. The highest BCUT2D eigenvalue weighted by Crippen LogP contribution is 2.19. The van der Waals surface area contributed by atoms with E-state index in [4.69, 9.17) is 15.2 Å². The van der Waals surface area contributed by atoms with Crippen molar-refractivity contribution in [3.8, 4) is 5.75 Å². The first-order valence-corrected chi connectivity index (χ1v) is 5.75. The average Bonchev–Trinajstić information content (AvgIpc) is 2.34. The van der Waals surface area contributed by atoms with E-state index in [9.17, 15) is 0 Å². The van der Waals surface area contributed by atoms with E-state index in [1.54, 1.807) is 7.11 Å². The van der Waals surface area contributed by atoms with Crippen LogP contribution >= 0.6 is 0 Å². The van der Waals surface area contributed by atoms with E-state index in [-0.39, 0.29) is 6.04 Å². The fourth-order valence-electron chi connectivity index (χ4n) is 1.57. The Morgan fingerprint density at radius 3 is 2.50 bits per heavy atom. The van der Waals surface area contributed by atoms with Crippen LogP contribution in [0.1, 0.15) is 31.4 Å². The quantitative estimate of drug-likeness (QED) is 0.722. The first-order valence-electron chi connectivity index (χ1n) is 5.75. The SMILES string of the molecule is CCOCCCC(N)c1ccc(OC)cc1. The van der Waals surface area contributed by atoms with Gasteiger partial charge < -0.3 is 15.2 Å². The van der Waals surface area contributed by atoms with Crippen LogP contribution in [0.15, 0.2) is 24.3 Å². The van der Waals surface area contributed by atoms with E-state index in [1.807, 2.05) is 31.2 Å². The lowest BCUT2D eigenvalue weighted by molar-refractivity contribution is 0.142. The molecule has 0 fully saturated rings. The Hall–Kier alpha value is -1.06. The van der Waals surface area contributed by atoms with Gasteiger partial charge in [-0.25, -0.2) is 0 Å². The van der Waals surface area contributed by atoms with Gasteiger partial charge in [-0.2, -0.15) is 0 Å². The molecule has 0 aliphatic rings. The molecule has 1 atom stereocenters. The topological polar surface area (TPSA) is 44.5 Å². The minimum Gasteiger partial charge on any atom is -0.497 e. The molecule has 1 unspecified atom stereocenters. The van der Waals surface area contributed by atoms with Crippen LogP contribution < -0.4 is 10.5 Å². The van der Waals surface area contributed by atoms with E-state index in [1.165, 1.54) is 0 Å². The summed E-state index contributed by atoms with van der Waals surface area (Å²) in [6, 6.07) is 8.01. The monoisotopic (exact) mass is 223 g/mol. The molecule has 3 heteroatoms. The molecule has 0 amide bonds. The number of hydrogen-bond donors (Lipinski definition) is 1. The summed E-state index contributed by atoms with van der Waals surface area (Å²) in [5.41, 5.74) is 7.22. The van der Waals surface area contributed by atoms with Crippen molar-refractivity contribution in [2.24, 2.45) is 5.73 Å². The molecule has 0 bridgehead atoms. The highest BCUT2D eigenvalue weighted by Gasteiger charge is 2.05. The van der Waals surface area contributed by atoms with Gasteiger partial charge in [0.25, 0.3) is 0 Å². The van der Waals surface area contributed by atoms with Crippen LogP contribution in [0.3, 0.4) is 0 Å². The van der Waals surface area contributed by atoms with Crippen LogP contribution in [-0.4, -0.2) is 20.3 Å².